The van der Waals surface area contributed by atoms with E-state index in [4.69, 9.17) is 4.74 Å². The van der Waals surface area contributed by atoms with Crippen molar-refractivity contribution in [3.8, 4) is 0 Å². The first kappa shape index (κ1) is 10.4. The summed E-state index contributed by atoms with van der Waals surface area (Å²) in [6.07, 6.45) is 4.15. The van der Waals surface area contributed by atoms with Gasteiger partial charge in [0.25, 0.3) is 0 Å². The molecule has 3 rings (SSSR count). The monoisotopic (exact) mass is 224 g/mol. The lowest BCUT2D eigenvalue weighted by molar-refractivity contribution is 0.0496. The first-order valence-electron chi connectivity index (χ1n) is 6.43. The molecule has 0 aliphatic carbocycles. The SMILES string of the molecule is C[C@@H]1C[C@H]2CN(C(=O)N3CCCC3)C[C@H]2O1. The summed E-state index contributed by atoms with van der Waals surface area (Å²) in [5.41, 5.74) is 0. The standard InChI is InChI=1S/C12H20N2O2/c1-9-6-10-7-14(8-11(10)16-9)12(15)13-4-2-3-5-13/h9-11H,2-8H2,1H3/t9-,10+,11-/m1/s1. The van der Waals surface area contributed by atoms with E-state index in [9.17, 15) is 4.79 Å². The van der Waals surface area contributed by atoms with E-state index < -0.39 is 0 Å². The maximum absolute atomic E-state index is 12.2. The first-order valence-corrected chi connectivity index (χ1v) is 6.43. The van der Waals surface area contributed by atoms with Gasteiger partial charge in [0.1, 0.15) is 0 Å². The van der Waals surface area contributed by atoms with Gasteiger partial charge in [-0.15, -0.1) is 0 Å². The number of carbonyl (C=O) groups is 1. The van der Waals surface area contributed by atoms with Gasteiger partial charge < -0.3 is 14.5 Å². The molecule has 3 saturated heterocycles. The fourth-order valence-electron chi connectivity index (χ4n) is 3.27. The molecule has 3 atom stereocenters. The van der Waals surface area contributed by atoms with Crippen LogP contribution in [0.1, 0.15) is 26.2 Å². The number of carbonyl (C=O) groups excluding carboxylic acids is 1. The summed E-state index contributed by atoms with van der Waals surface area (Å²) in [6.45, 7) is 5.74. The minimum absolute atomic E-state index is 0.239. The van der Waals surface area contributed by atoms with Gasteiger partial charge in [0.05, 0.1) is 12.2 Å². The zero-order valence-corrected chi connectivity index (χ0v) is 9.89. The molecule has 0 aromatic heterocycles. The number of rotatable bonds is 0. The smallest absolute Gasteiger partial charge is 0.320 e. The summed E-state index contributed by atoms with van der Waals surface area (Å²) in [5.74, 6) is 0.585. The van der Waals surface area contributed by atoms with E-state index >= 15 is 0 Å². The second kappa shape index (κ2) is 3.91. The van der Waals surface area contributed by atoms with Crippen LogP contribution in [-0.4, -0.2) is 54.2 Å². The van der Waals surface area contributed by atoms with Gasteiger partial charge in [0.2, 0.25) is 0 Å². The molecule has 90 valence electrons. The van der Waals surface area contributed by atoms with Crippen LogP contribution in [0.2, 0.25) is 0 Å². The van der Waals surface area contributed by atoms with Gasteiger partial charge in [-0.3, -0.25) is 0 Å². The summed E-state index contributed by atoms with van der Waals surface area (Å²) in [5, 5.41) is 0. The van der Waals surface area contributed by atoms with Crippen LogP contribution in [-0.2, 0) is 4.74 Å². The van der Waals surface area contributed by atoms with E-state index in [0.717, 1.165) is 32.6 Å². The molecule has 0 N–H and O–H groups in total. The van der Waals surface area contributed by atoms with Crippen molar-refractivity contribution < 1.29 is 9.53 Å². The van der Waals surface area contributed by atoms with Crippen molar-refractivity contribution in [1.82, 2.24) is 9.80 Å². The number of likely N-dealkylation sites (tertiary alicyclic amines) is 2. The average molecular weight is 224 g/mol. The Kier molecular flexibility index (Phi) is 2.54. The van der Waals surface area contributed by atoms with Crippen LogP contribution in [0.3, 0.4) is 0 Å². The Bertz CT molecular complexity index is 275. The van der Waals surface area contributed by atoms with Gasteiger partial charge in [-0.2, -0.15) is 0 Å². The summed E-state index contributed by atoms with van der Waals surface area (Å²) >= 11 is 0. The maximum Gasteiger partial charge on any atom is 0.320 e. The van der Waals surface area contributed by atoms with E-state index in [2.05, 4.69) is 6.92 Å². The van der Waals surface area contributed by atoms with E-state index in [1.54, 1.807) is 0 Å². The maximum atomic E-state index is 12.2. The molecule has 16 heavy (non-hydrogen) atoms. The number of hydrogen-bond acceptors (Lipinski definition) is 2. The van der Waals surface area contributed by atoms with Crippen molar-refractivity contribution in [1.29, 1.82) is 0 Å². The summed E-state index contributed by atoms with van der Waals surface area (Å²) < 4.78 is 5.82. The fourth-order valence-corrected chi connectivity index (χ4v) is 3.27. The molecule has 3 aliphatic rings. The molecule has 0 bridgehead atoms. The quantitative estimate of drug-likeness (QED) is 0.621. The number of urea groups is 1. The lowest BCUT2D eigenvalue weighted by Gasteiger charge is -2.24. The highest BCUT2D eigenvalue weighted by atomic mass is 16.5. The van der Waals surface area contributed by atoms with E-state index in [1.165, 1.54) is 12.8 Å². The second-order valence-corrected chi connectivity index (χ2v) is 5.36. The zero-order valence-electron chi connectivity index (χ0n) is 9.89. The number of nitrogens with zero attached hydrogens (tertiary/aromatic N) is 2. The van der Waals surface area contributed by atoms with Crippen molar-refractivity contribution >= 4 is 6.03 Å². The topological polar surface area (TPSA) is 32.8 Å². The Morgan fingerprint density at radius 2 is 1.94 bits per heavy atom. The largest absolute Gasteiger partial charge is 0.373 e. The number of ether oxygens (including phenoxy) is 1. The minimum atomic E-state index is 0.239. The van der Waals surface area contributed by atoms with Gasteiger partial charge >= 0.3 is 6.03 Å². The highest BCUT2D eigenvalue weighted by molar-refractivity contribution is 5.75. The van der Waals surface area contributed by atoms with Crippen LogP contribution in [0.4, 0.5) is 4.79 Å². The van der Waals surface area contributed by atoms with Crippen molar-refractivity contribution in [2.45, 2.75) is 38.4 Å². The summed E-state index contributed by atoms with van der Waals surface area (Å²) in [4.78, 5) is 16.1. The molecule has 0 aromatic carbocycles. The van der Waals surface area contributed by atoms with Crippen molar-refractivity contribution in [2.24, 2.45) is 5.92 Å². The normalized spacial score (nSPS) is 38.2. The predicted molar refractivity (Wildman–Crippen MR) is 60.2 cm³/mol. The molecule has 0 spiro atoms. The summed E-state index contributed by atoms with van der Waals surface area (Å²) in [6, 6.07) is 0.239. The minimum Gasteiger partial charge on any atom is -0.373 e. The molecule has 0 aromatic rings. The molecule has 0 saturated carbocycles. The number of hydrogen-bond donors (Lipinski definition) is 0. The van der Waals surface area contributed by atoms with Crippen LogP contribution in [0.25, 0.3) is 0 Å². The fraction of sp³-hybridized carbons (Fsp3) is 0.917. The van der Waals surface area contributed by atoms with Gasteiger partial charge in [-0.1, -0.05) is 0 Å². The molecular weight excluding hydrogens is 204 g/mol. The third kappa shape index (κ3) is 1.69. The average Bonchev–Trinajstić information content (AvgIpc) is 2.89. The van der Waals surface area contributed by atoms with Crippen molar-refractivity contribution in [3.63, 3.8) is 0 Å². The Morgan fingerprint density at radius 1 is 1.19 bits per heavy atom. The van der Waals surface area contributed by atoms with Gasteiger partial charge in [-0.25, -0.2) is 4.79 Å². The molecule has 0 unspecified atom stereocenters. The van der Waals surface area contributed by atoms with Crippen LogP contribution in [0, 0.1) is 5.92 Å². The Labute approximate surface area is 96.5 Å². The first-order chi connectivity index (χ1) is 7.74. The molecular formula is C12H20N2O2. The summed E-state index contributed by atoms with van der Waals surface area (Å²) in [7, 11) is 0. The van der Waals surface area contributed by atoms with Crippen molar-refractivity contribution in [3.05, 3.63) is 0 Å². The Morgan fingerprint density at radius 3 is 2.62 bits per heavy atom. The molecule has 0 radical (unpaired) electrons. The number of fused-ring (bicyclic) bond motifs is 1. The van der Waals surface area contributed by atoms with Gasteiger partial charge in [0.15, 0.2) is 0 Å². The van der Waals surface area contributed by atoms with Crippen molar-refractivity contribution in [2.75, 3.05) is 26.2 Å². The third-order valence-corrected chi connectivity index (χ3v) is 4.07. The van der Waals surface area contributed by atoms with Crippen LogP contribution in [0.5, 0.6) is 0 Å². The van der Waals surface area contributed by atoms with Crippen LogP contribution in [0.15, 0.2) is 0 Å². The van der Waals surface area contributed by atoms with E-state index in [1.807, 2.05) is 9.80 Å². The van der Waals surface area contributed by atoms with E-state index in [0.29, 0.717) is 18.1 Å². The van der Waals surface area contributed by atoms with Crippen LogP contribution < -0.4 is 0 Å². The van der Waals surface area contributed by atoms with Gasteiger partial charge in [0, 0.05) is 32.1 Å². The molecule has 4 nitrogen and oxygen atoms in total. The Balaban J connectivity index is 1.60. The van der Waals surface area contributed by atoms with Gasteiger partial charge in [-0.05, 0) is 26.2 Å². The second-order valence-electron chi connectivity index (χ2n) is 5.36. The van der Waals surface area contributed by atoms with Crippen LogP contribution >= 0.6 is 0 Å². The predicted octanol–water partition coefficient (Wildman–Crippen LogP) is 1.31. The van der Waals surface area contributed by atoms with E-state index in [-0.39, 0.29) is 6.03 Å². The third-order valence-electron chi connectivity index (χ3n) is 4.07. The number of amides is 2. The molecule has 3 aliphatic heterocycles. The lowest BCUT2D eigenvalue weighted by Crippen LogP contribution is -2.41. The lowest BCUT2D eigenvalue weighted by atomic mass is 10.0. The highest BCUT2D eigenvalue weighted by Gasteiger charge is 2.43. The Hall–Kier alpha value is -0.770. The molecule has 2 amide bonds. The molecule has 3 heterocycles. The molecule has 3 fully saturated rings. The zero-order chi connectivity index (χ0) is 11.1. The molecule has 4 heteroatoms. The highest BCUT2D eigenvalue weighted by Crippen LogP contribution is 2.33.